The molecule has 0 radical (unpaired) electrons. The molecule has 0 amide bonds. The monoisotopic (exact) mass is 444 g/mol. The molecule has 33 heavy (non-hydrogen) atoms. The molecule has 1 aromatic heterocycles. The molecule has 0 atom stereocenters. The van der Waals surface area contributed by atoms with Crippen LogP contribution >= 0.6 is 0 Å². The van der Waals surface area contributed by atoms with Crippen molar-refractivity contribution in [3.8, 4) is 0 Å². The van der Waals surface area contributed by atoms with Gasteiger partial charge in [0.15, 0.2) is 0 Å². The highest BCUT2D eigenvalue weighted by Gasteiger charge is 2.12. The van der Waals surface area contributed by atoms with E-state index in [1.165, 1.54) is 24.3 Å². The van der Waals surface area contributed by atoms with E-state index in [0.29, 0.717) is 24.9 Å². The molecule has 166 valence electrons. The summed E-state index contributed by atoms with van der Waals surface area (Å²) in [4.78, 5) is 16.0. The molecular formula is C27H22F2N2O2. The van der Waals surface area contributed by atoms with Crippen LogP contribution in [0, 0.1) is 11.6 Å². The first-order valence-electron chi connectivity index (χ1n) is 10.5. The second-order valence-corrected chi connectivity index (χ2v) is 7.76. The van der Waals surface area contributed by atoms with Crippen LogP contribution in [0.4, 0.5) is 8.78 Å². The van der Waals surface area contributed by atoms with Crippen LogP contribution in [0.25, 0.3) is 11.6 Å². The van der Waals surface area contributed by atoms with Crippen LogP contribution in [-0.2, 0) is 19.4 Å². The van der Waals surface area contributed by atoms with E-state index in [4.69, 9.17) is 0 Å². The Morgan fingerprint density at radius 3 is 2.27 bits per heavy atom. The molecule has 0 saturated carbocycles. The van der Waals surface area contributed by atoms with Crippen LogP contribution in [0.2, 0.25) is 0 Å². The maximum atomic E-state index is 13.4. The molecule has 0 unspecified atom stereocenters. The fourth-order valence-electron chi connectivity index (χ4n) is 3.69. The molecule has 6 heteroatoms. The van der Waals surface area contributed by atoms with Crippen LogP contribution in [0.15, 0.2) is 85.5 Å². The number of hydrogen-bond acceptors (Lipinski definition) is 2. The van der Waals surface area contributed by atoms with Gasteiger partial charge in [-0.2, -0.15) is 0 Å². The zero-order valence-corrected chi connectivity index (χ0v) is 17.8. The SMILES string of the molecule is O=C(O)c1cc(C=C(Cn2ccnc2)c2ccc(F)cc2)ccc1CCc1ccc(F)cc1. The van der Waals surface area contributed by atoms with Crippen molar-refractivity contribution in [3.63, 3.8) is 0 Å². The van der Waals surface area contributed by atoms with Crippen molar-refractivity contribution < 1.29 is 18.7 Å². The Morgan fingerprint density at radius 1 is 0.939 bits per heavy atom. The summed E-state index contributed by atoms with van der Waals surface area (Å²) in [5.41, 5.74) is 4.34. The zero-order valence-electron chi connectivity index (χ0n) is 17.8. The molecule has 4 aromatic rings. The summed E-state index contributed by atoms with van der Waals surface area (Å²) >= 11 is 0. The molecular weight excluding hydrogens is 422 g/mol. The lowest BCUT2D eigenvalue weighted by Crippen LogP contribution is -2.05. The summed E-state index contributed by atoms with van der Waals surface area (Å²) in [6.45, 7) is 0.500. The first-order valence-corrected chi connectivity index (χ1v) is 10.5. The molecule has 0 aliphatic heterocycles. The van der Waals surface area contributed by atoms with E-state index in [2.05, 4.69) is 4.98 Å². The second-order valence-electron chi connectivity index (χ2n) is 7.76. The van der Waals surface area contributed by atoms with Gasteiger partial charge in [-0.1, -0.05) is 36.4 Å². The topological polar surface area (TPSA) is 55.1 Å². The quantitative estimate of drug-likeness (QED) is 0.345. The van der Waals surface area contributed by atoms with Crippen molar-refractivity contribution in [2.24, 2.45) is 0 Å². The summed E-state index contributed by atoms with van der Waals surface area (Å²) in [6, 6.07) is 17.8. The van der Waals surface area contributed by atoms with Crippen LogP contribution < -0.4 is 0 Å². The smallest absolute Gasteiger partial charge is 0.335 e. The van der Waals surface area contributed by atoms with Crippen molar-refractivity contribution in [3.05, 3.63) is 125 Å². The fraction of sp³-hybridized carbons (Fsp3) is 0.111. The van der Waals surface area contributed by atoms with E-state index < -0.39 is 5.97 Å². The molecule has 0 bridgehead atoms. The number of aromatic nitrogens is 2. The number of allylic oxidation sites excluding steroid dienone is 1. The Bertz CT molecular complexity index is 1260. The summed E-state index contributed by atoms with van der Waals surface area (Å²) in [6.07, 6.45) is 8.25. The van der Waals surface area contributed by atoms with Crippen LogP contribution in [0.5, 0.6) is 0 Å². The van der Waals surface area contributed by atoms with Crippen molar-refractivity contribution in [2.75, 3.05) is 0 Å². The summed E-state index contributed by atoms with van der Waals surface area (Å²) in [5.74, 6) is -1.62. The number of aryl methyl sites for hydroxylation is 2. The molecule has 0 aliphatic rings. The van der Waals surface area contributed by atoms with Crippen molar-refractivity contribution in [1.29, 1.82) is 0 Å². The lowest BCUT2D eigenvalue weighted by molar-refractivity contribution is 0.0695. The third-order valence-electron chi connectivity index (χ3n) is 5.43. The van der Waals surface area contributed by atoms with Gasteiger partial charge in [-0.05, 0) is 77.1 Å². The third-order valence-corrected chi connectivity index (χ3v) is 5.43. The first-order chi connectivity index (χ1) is 16.0. The molecule has 0 spiro atoms. The largest absolute Gasteiger partial charge is 0.478 e. The van der Waals surface area contributed by atoms with E-state index in [-0.39, 0.29) is 17.2 Å². The Balaban J connectivity index is 1.63. The summed E-state index contributed by atoms with van der Waals surface area (Å²) in [7, 11) is 0. The number of halogens is 2. The normalized spacial score (nSPS) is 11.5. The van der Waals surface area contributed by atoms with Gasteiger partial charge in [0.1, 0.15) is 11.6 Å². The van der Waals surface area contributed by atoms with E-state index in [9.17, 15) is 18.7 Å². The number of carboxylic acid groups (broad SMARTS) is 1. The highest BCUT2D eigenvalue weighted by molar-refractivity contribution is 5.91. The number of carbonyl (C=O) groups is 1. The van der Waals surface area contributed by atoms with Gasteiger partial charge in [-0.25, -0.2) is 18.6 Å². The van der Waals surface area contributed by atoms with Gasteiger partial charge in [-0.15, -0.1) is 0 Å². The Morgan fingerprint density at radius 2 is 1.64 bits per heavy atom. The maximum absolute atomic E-state index is 13.4. The minimum Gasteiger partial charge on any atom is -0.478 e. The Hall–Kier alpha value is -4.06. The number of hydrogen-bond donors (Lipinski definition) is 1. The minimum atomic E-state index is -1.00. The highest BCUT2D eigenvalue weighted by atomic mass is 19.1. The Kier molecular flexibility index (Phi) is 6.74. The molecule has 1 N–H and O–H groups in total. The molecule has 4 nitrogen and oxygen atoms in total. The second kappa shape index (κ2) is 10.0. The standard InChI is InChI=1S/C27H22F2N2O2/c28-24-9-3-19(4-10-24)1-5-22-6-2-20(16-26(22)27(32)33)15-23(17-31-14-13-30-18-31)21-7-11-25(29)12-8-21/h2-4,6-16,18H,1,5,17H2,(H,32,33). The molecule has 3 aromatic carbocycles. The lowest BCUT2D eigenvalue weighted by atomic mass is 9.96. The van der Waals surface area contributed by atoms with Gasteiger partial charge >= 0.3 is 5.97 Å². The van der Waals surface area contributed by atoms with Gasteiger partial charge < -0.3 is 9.67 Å². The van der Waals surface area contributed by atoms with Gasteiger partial charge in [0.25, 0.3) is 0 Å². The van der Waals surface area contributed by atoms with Crippen molar-refractivity contribution in [1.82, 2.24) is 9.55 Å². The van der Waals surface area contributed by atoms with E-state index in [0.717, 1.165) is 22.3 Å². The first kappa shape index (κ1) is 22.1. The lowest BCUT2D eigenvalue weighted by Gasteiger charge is -2.11. The number of benzene rings is 3. The van der Waals surface area contributed by atoms with E-state index in [1.807, 2.05) is 29.0 Å². The summed E-state index contributed by atoms with van der Waals surface area (Å²) in [5, 5.41) is 9.79. The maximum Gasteiger partial charge on any atom is 0.335 e. The third kappa shape index (κ3) is 5.80. The molecule has 0 fully saturated rings. The highest BCUT2D eigenvalue weighted by Crippen LogP contribution is 2.23. The van der Waals surface area contributed by atoms with Crippen LogP contribution in [0.3, 0.4) is 0 Å². The number of carboxylic acids is 1. The van der Waals surface area contributed by atoms with Gasteiger partial charge in [0.2, 0.25) is 0 Å². The predicted molar refractivity (Wildman–Crippen MR) is 124 cm³/mol. The van der Waals surface area contributed by atoms with E-state index in [1.54, 1.807) is 42.9 Å². The average Bonchev–Trinajstić information content (AvgIpc) is 3.32. The number of rotatable bonds is 8. The molecule has 1 heterocycles. The van der Waals surface area contributed by atoms with E-state index >= 15 is 0 Å². The van der Waals surface area contributed by atoms with Gasteiger partial charge in [0.05, 0.1) is 11.9 Å². The fourth-order valence-corrected chi connectivity index (χ4v) is 3.69. The number of nitrogens with zero attached hydrogens (tertiary/aromatic N) is 2. The van der Waals surface area contributed by atoms with Crippen LogP contribution in [-0.4, -0.2) is 20.6 Å². The predicted octanol–water partition coefficient (Wildman–Crippen LogP) is 5.89. The summed E-state index contributed by atoms with van der Waals surface area (Å²) < 4.78 is 28.5. The average molecular weight is 444 g/mol. The van der Waals surface area contributed by atoms with Crippen molar-refractivity contribution in [2.45, 2.75) is 19.4 Å². The van der Waals surface area contributed by atoms with Gasteiger partial charge in [0, 0.05) is 18.9 Å². The molecule has 4 rings (SSSR count). The molecule has 0 aliphatic carbocycles. The van der Waals surface area contributed by atoms with Gasteiger partial charge in [-0.3, -0.25) is 0 Å². The number of aromatic carboxylic acids is 1. The number of imidazole rings is 1. The molecule has 0 saturated heterocycles. The van der Waals surface area contributed by atoms with Crippen LogP contribution in [0.1, 0.15) is 32.6 Å². The zero-order chi connectivity index (χ0) is 23.2. The van der Waals surface area contributed by atoms with Crippen molar-refractivity contribution >= 4 is 17.6 Å². The Labute approximate surface area is 190 Å². The minimum absolute atomic E-state index is 0.229.